The van der Waals surface area contributed by atoms with Crippen molar-refractivity contribution < 1.29 is 27.9 Å². The summed E-state index contributed by atoms with van der Waals surface area (Å²) in [6.07, 6.45) is -3.97. The number of hydrogen-bond donors (Lipinski definition) is 2. The molecule has 45 heavy (non-hydrogen) atoms. The summed E-state index contributed by atoms with van der Waals surface area (Å²) in [7, 11) is 1.62. The second-order valence-corrected chi connectivity index (χ2v) is 11.2. The summed E-state index contributed by atoms with van der Waals surface area (Å²) in [6.45, 7) is 0.657. The fourth-order valence-electron chi connectivity index (χ4n) is 6.08. The molecule has 2 aromatic heterocycles. The largest absolute Gasteiger partial charge is 0.465 e. The number of pyridine rings is 2. The predicted octanol–water partition coefficient (Wildman–Crippen LogP) is 6.91. The average molecular weight is 613 g/mol. The zero-order valence-electron chi connectivity index (χ0n) is 24.1. The molecule has 0 saturated carbocycles. The molecule has 0 aliphatic carbocycles. The van der Waals surface area contributed by atoms with Crippen LogP contribution in [0.3, 0.4) is 0 Å². The molecule has 2 aliphatic heterocycles. The van der Waals surface area contributed by atoms with E-state index in [4.69, 9.17) is 4.98 Å². The molecule has 1 fully saturated rings. The summed E-state index contributed by atoms with van der Waals surface area (Å²) >= 11 is 0. The number of nitrogens with one attached hydrogen (secondary N) is 1. The van der Waals surface area contributed by atoms with Crippen molar-refractivity contribution in [3.8, 4) is 22.4 Å². The van der Waals surface area contributed by atoms with Crippen LogP contribution in [0, 0.1) is 0 Å². The molecule has 0 bridgehead atoms. The lowest BCUT2D eigenvalue weighted by molar-refractivity contribution is -0.137. The third kappa shape index (κ3) is 5.11. The zero-order chi connectivity index (χ0) is 31.5. The monoisotopic (exact) mass is 612 g/mol. The highest BCUT2D eigenvalue weighted by atomic mass is 19.4. The van der Waals surface area contributed by atoms with Crippen molar-refractivity contribution in [2.75, 3.05) is 43.4 Å². The number of amides is 3. The lowest BCUT2D eigenvalue weighted by atomic mass is 9.95. The first kappa shape index (κ1) is 28.4. The lowest BCUT2D eigenvalue weighted by Gasteiger charge is -2.36. The van der Waals surface area contributed by atoms with Crippen LogP contribution in [0.4, 0.5) is 34.1 Å². The summed E-state index contributed by atoms with van der Waals surface area (Å²) in [5.74, 6) is 0. The number of piperazine rings is 1. The molecule has 7 rings (SSSR count). The van der Waals surface area contributed by atoms with Gasteiger partial charge in [0.2, 0.25) is 0 Å². The average Bonchev–Trinajstić information content (AvgIpc) is 3.04. The Kier molecular flexibility index (Phi) is 6.72. The molecular formula is C33H27F3N6O3. The highest BCUT2D eigenvalue weighted by molar-refractivity contribution is 6.06. The first-order chi connectivity index (χ1) is 21.6. The molecule has 1 saturated heterocycles. The molecule has 5 aromatic rings. The van der Waals surface area contributed by atoms with Crippen LogP contribution in [0.25, 0.3) is 44.2 Å². The molecule has 9 nitrogen and oxygen atoms in total. The number of fused-ring (bicyclic) bond motifs is 4. The summed E-state index contributed by atoms with van der Waals surface area (Å²) in [5.41, 5.74) is 4.01. The van der Waals surface area contributed by atoms with Crippen molar-refractivity contribution in [1.82, 2.24) is 19.8 Å². The Balaban J connectivity index is 1.34. The number of carbonyl (C=O) groups excluding carboxylic acids is 1. The van der Waals surface area contributed by atoms with Gasteiger partial charge in [0.15, 0.2) is 0 Å². The Hall–Kier alpha value is -5.39. The van der Waals surface area contributed by atoms with Crippen LogP contribution < -0.4 is 10.2 Å². The number of rotatable bonds is 3. The van der Waals surface area contributed by atoms with E-state index in [9.17, 15) is 27.9 Å². The number of carboxylic acid groups (broad SMARTS) is 1. The second-order valence-electron chi connectivity index (χ2n) is 11.2. The van der Waals surface area contributed by atoms with E-state index in [1.165, 1.54) is 15.9 Å². The van der Waals surface area contributed by atoms with Crippen LogP contribution >= 0.6 is 0 Å². The highest BCUT2D eigenvalue weighted by Crippen LogP contribution is 2.43. The van der Waals surface area contributed by atoms with E-state index in [0.717, 1.165) is 28.1 Å². The van der Waals surface area contributed by atoms with E-state index in [2.05, 4.69) is 10.3 Å². The fraction of sp³-hybridized carbons (Fsp3) is 0.212. The third-order valence-corrected chi connectivity index (χ3v) is 8.45. The van der Waals surface area contributed by atoms with Gasteiger partial charge in [-0.05, 0) is 42.0 Å². The van der Waals surface area contributed by atoms with Crippen LogP contribution in [-0.4, -0.2) is 70.2 Å². The normalized spacial score (nSPS) is 15.4. The van der Waals surface area contributed by atoms with E-state index in [1.807, 2.05) is 42.5 Å². The van der Waals surface area contributed by atoms with E-state index < -0.39 is 17.8 Å². The highest BCUT2D eigenvalue weighted by Gasteiger charge is 2.37. The maximum Gasteiger partial charge on any atom is 0.418 e. The van der Waals surface area contributed by atoms with Crippen LogP contribution in [0.5, 0.6) is 0 Å². The van der Waals surface area contributed by atoms with Gasteiger partial charge in [-0.15, -0.1) is 0 Å². The van der Waals surface area contributed by atoms with Crippen LogP contribution in [-0.2, 0) is 12.7 Å². The van der Waals surface area contributed by atoms with Gasteiger partial charge in [-0.25, -0.2) is 14.6 Å². The number of benzene rings is 3. The molecular weight excluding hydrogens is 585 g/mol. The summed E-state index contributed by atoms with van der Waals surface area (Å²) < 4.78 is 43.5. The van der Waals surface area contributed by atoms with Gasteiger partial charge < -0.3 is 25.1 Å². The third-order valence-electron chi connectivity index (χ3n) is 8.45. The molecule has 228 valence electrons. The molecule has 0 unspecified atom stereocenters. The summed E-state index contributed by atoms with van der Waals surface area (Å²) in [5, 5.41) is 13.8. The molecule has 0 radical (unpaired) electrons. The standard InChI is InChI=1S/C33H27F3N6O3/c1-40-18-24-29(21-7-9-28(25(16-21)33(34,35)36)41-10-12-42(13-11-41)32(44)45)38-27-8-6-19(15-23(27)30(24)39-31(40)43)22-14-20-4-2-3-5-26(20)37-17-22/h2-9,14-17H,10-13,18H2,1H3,(H,39,43)(H,44,45). The smallest absolute Gasteiger partial charge is 0.418 e. The minimum Gasteiger partial charge on any atom is -0.465 e. The van der Waals surface area contributed by atoms with E-state index in [1.54, 1.807) is 30.3 Å². The topological polar surface area (TPSA) is 102 Å². The maximum absolute atomic E-state index is 14.5. The number of halogens is 3. The SMILES string of the molecule is CN1Cc2c(-c3ccc(N4CCN(C(=O)O)CC4)c(C(F)(F)F)c3)nc3ccc(-c4cnc5ccccc5c4)cc3c2NC1=O. The number of hydrogen-bond acceptors (Lipinski definition) is 5. The van der Waals surface area contributed by atoms with E-state index in [-0.39, 0.29) is 50.0 Å². The Morgan fingerprint density at radius 3 is 2.42 bits per heavy atom. The fourth-order valence-corrected chi connectivity index (χ4v) is 6.08. The van der Waals surface area contributed by atoms with Gasteiger partial charge in [0.05, 0.1) is 34.5 Å². The second kappa shape index (κ2) is 10.7. The quantitative estimate of drug-likeness (QED) is 0.230. The minimum atomic E-state index is -4.67. The molecule has 2 N–H and O–H groups in total. The zero-order valence-corrected chi connectivity index (χ0v) is 24.1. The molecule has 0 spiro atoms. The van der Waals surface area contributed by atoms with Gasteiger partial charge >= 0.3 is 18.3 Å². The van der Waals surface area contributed by atoms with Gasteiger partial charge in [0.1, 0.15) is 0 Å². The Morgan fingerprint density at radius 1 is 0.911 bits per heavy atom. The van der Waals surface area contributed by atoms with Crippen molar-refractivity contribution in [2.24, 2.45) is 0 Å². The molecule has 3 aromatic carbocycles. The Morgan fingerprint density at radius 2 is 1.67 bits per heavy atom. The predicted molar refractivity (Wildman–Crippen MR) is 165 cm³/mol. The lowest BCUT2D eigenvalue weighted by Crippen LogP contribution is -2.48. The molecule has 12 heteroatoms. The number of carbonyl (C=O) groups is 2. The summed E-state index contributed by atoms with van der Waals surface area (Å²) in [4.78, 5) is 37.7. The van der Waals surface area contributed by atoms with Gasteiger partial charge in [0, 0.05) is 72.6 Å². The first-order valence-corrected chi connectivity index (χ1v) is 14.3. The van der Waals surface area contributed by atoms with Crippen molar-refractivity contribution >= 4 is 45.3 Å². The van der Waals surface area contributed by atoms with Crippen molar-refractivity contribution in [3.05, 3.63) is 84.1 Å². The van der Waals surface area contributed by atoms with E-state index >= 15 is 0 Å². The number of aromatic nitrogens is 2. The van der Waals surface area contributed by atoms with Crippen LogP contribution in [0.2, 0.25) is 0 Å². The number of nitrogens with zero attached hydrogens (tertiary/aromatic N) is 5. The molecule has 2 aliphatic rings. The molecule has 3 amide bonds. The van der Waals surface area contributed by atoms with Crippen LogP contribution in [0.15, 0.2) is 72.9 Å². The maximum atomic E-state index is 14.5. The number of para-hydroxylation sites is 1. The summed E-state index contributed by atoms with van der Waals surface area (Å²) in [6, 6.07) is 19.2. The van der Waals surface area contributed by atoms with E-state index in [0.29, 0.717) is 27.8 Å². The van der Waals surface area contributed by atoms with Crippen LogP contribution in [0.1, 0.15) is 11.1 Å². The van der Waals surface area contributed by atoms with Gasteiger partial charge in [-0.2, -0.15) is 13.2 Å². The van der Waals surface area contributed by atoms with Crippen molar-refractivity contribution in [3.63, 3.8) is 0 Å². The number of alkyl halides is 3. The minimum absolute atomic E-state index is 0.00926. The molecule has 4 heterocycles. The Labute approximate surface area is 255 Å². The van der Waals surface area contributed by atoms with Crippen molar-refractivity contribution in [2.45, 2.75) is 12.7 Å². The number of urea groups is 1. The number of anilines is 2. The first-order valence-electron chi connectivity index (χ1n) is 14.3. The van der Waals surface area contributed by atoms with Crippen molar-refractivity contribution in [1.29, 1.82) is 0 Å². The van der Waals surface area contributed by atoms with Gasteiger partial charge in [-0.3, -0.25) is 4.98 Å². The molecule has 0 atom stereocenters. The Bertz CT molecular complexity index is 2010. The van der Waals surface area contributed by atoms with Gasteiger partial charge in [-0.1, -0.05) is 30.3 Å². The van der Waals surface area contributed by atoms with Gasteiger partial charge in [0.25, 0.3) is 0 Å².